The summed E-state index contributed by atoms with van der Waals surface area (Å²) in [7, 11) is 0. The van der Waals surface area contributed by atoms with Gasteiger partial charge in [0.15, 0.2) is 22.1 Å². The number of halogens is 1. The number of rotatable bonds is 8. The highest BCUT2D eigenvalue weighted by atomic mass is 35.5. The van der Waals surface area contributed by atoms with E-state index in [9.17, 15) is 9.90 Å². The Kier molecular flexibility index (Phi) is 6.25. The van der Waals surface area contributed by atoms with Crippen LogP contribution in [0, 0.1) is 5.92 Å². The molecule has 1 unspecified atom stereocenters. The fourth-order valence-electron chi connectivity index (χ4n) is 2.62. The first-order chi connectivity index (χ1) is 13.4. The van der Waals surface area contributed by atoms with Crippen molar-refractivity contribution >= 4 is 46.3 Å². The van der Waals surface area contributed by atoms with E-state index in [4.69, 9.17) is 22.1 Å². The van der Waals surface area contributed by atoms with E-state index < -0.39 is 11.2 Å². The van der Waals surface area contributed by atoms with Gasteiger partial charge in [-0.2, -0.15) is 0 Å². The molecule has 3 N–H and O–H groups in total. The predicted octanol–water partition coefficient (Wildman–Crippen LogP) is 3.34. The first-order valence-corrected chi connectivity index (χ1v) is 9.87. The molecule has 10 heteroatoms. The summed E-state index contributed by atoms with van der Waals surface area (Å²) in [5.41, 5.74) is 6.90. The minimum absolute atomic E-state index is 0.0847. The van der Waals surface area contributed by atoms with E-state index >= 15 is 0 Å². The lowest BCUT2D eigenvalue weighted by Crippen LogP contribution is -2.23. The zero-order valence-electron chi connectivity index (χ0n) is 15.4. The van der Waals surface area contributed by atoms with Crippen molar-refractivity contribution in [3.8, 4) is 5.75 Å². The Morgan fingerprint density at radius 2 is 2.11 bits per heavy atom. The Labute approximate surface area is 171 Å². The van der Waals surface area contributed by atoms with Gasteiger partial charge in [0.2, 0.25) is 0 Å². The molecule has 0 aliphatic carbocycles. The number of imidazole rings is 1. The normalized spacial score (nSPS) is 12.4. The van der Waals surface area contributed by atoms with Crippen LogP contribution in [0.2, 0.25) is 5.02 Å². The van der Waals surface area contributed by atoms with Crippen LogP contribution < -0.4 is 10.5 Å². The highest BCUT2D eigenvalue weighted by Gasteiger charge is 2.26. The maximum Gasteiger partial charge on any atom is 0.317 e. The molecule has 148 valence electrons. The average molecular weight is 422 g/mol. The monoisotopic (exact) mass is 421 g/mol. The van der Waals surface area contributed by atoms with Crippen molar-refractivity contribution in [2.45, 2.75) is 30.8 Å². The lowest BCUT2D eigenvalue weighted by atomic mass is 10.1. The second-order valence-corrected chi connectivity index (χ2v) is 7.89. The molecular weight excluding hydrogens is 402 g/mol. The number of aliphatic carboxylic acids is 1. The van der Waals surface area contributed by atoms with Gasteiger partial charge in [-0.15, -0.1) is 0 Å². The summed E-state index contributed by atoms with van der Waals surface area (Å²) in [6.07, 6.45) is 1.36. The summed E-state index contributed by atoms with van der Waals surface area (Å²) in [5.74, 6) is -0.167. The molecule has 0 aliphatic rings. The number of carbonyl (C=O) groups is 1. The molecule has 0 radical (unpaired) electrons. The SMILES string of the molecule is CC(C)C(Sc1nc2c(N)ncnc2n1CCOc1ccccc1Cl)C(=O)O. The van der Waals surface area contributed by atoms with Crippen LogP contribution in [0.4, 0.5) is 5.82 Å². The minimum Gasteiger partial charge on any atom is -0.490 e. The van der Waals surface area contributed by atoms with E-state index in [1.54, 1.807) is 16.7 Å². The van der Waals surface area contributed by atoms with Gasteiger partial charge in [0.1, 0.15) is 23.9 Å². The van der Waals surface area contributed by atoms with Crippen LogP contribution in [0.3, 0.4) is 0 Å². The highest BCUT2D eigenvalue weighted by molar-refractivity contribution is 8.00. The number of fused-ring (bicyclic) bond motifs is 1. The van der Waals surface area contributed by atoms with Gasteiger partial charge in [0.25, 0.3) is 0 Å². The Balaban J connectivity index is 1.89. The minimum atomic E-state index is -0.898. The standard InChI is InChI=1S/C18H20ClN5O3S/c1-10(2)14(17(25)26)28-18-23-13-15(20)21-9-22-16(13)24(18)7-8-27-12-6-4-3-5-11(12)19/h3-6,9-10,14H,7-8H2,1-2H3,(H,25,26)(H2,20,21,22). The van der Waals surface area contributed by atoms with E-state index in [2.05, 4.69) is 15.0 Å². The molecule has 0 saturated heterocycles. The van der Waals surface area contributed by atoms with E-state index in [1.807, 2.05) is 26.0 Å². The van der Waals surface area contributed by atoms with E-state index in [-0.39, 0.29) is 11.7 Å². The van der Waals surface area contributed by atoms with E-state index in [0.29, 0.717) is 40.2 Å². The number of hydrogen-bond acceptors (Lipinski definition) is 7. The van der Waals surface area contributed by atoms with Crippen LogP contribution in [-0.4, -0.2) is 42.5 Å². The Hall–Kier alpha value is -2.52. The van der Waals surface area contributed by atoms with Crippen LogP contribution in [0.25, 0.3) is 11.2 Å². The van der Waals surface area contributed by atoms with Crippen molar-refractivity contribution in [2.75, 3.05) is 12.3 Å². The zero-order chi connectivity index (χ0) is 20.3. The number of benzene rings is 1. The summed E-state index contributed by atoms with van der Waals surface area (Å²) in [6.45, 7) is 4.40. The van der Waals surface area contributed by atoms with E-state index in [0.717, 1.165) is 11.8 Å². The van der Waals surface area contributed by atoms with Gasteiger partial charge >= 0.3 is 5.97 Å². The molecule has 0 aliphatic heterocycles. The summed E-state index contributed by atoms with van der Waals surface area (Å²) >= 11 is 7.28. The molecule has 1 atom stereocenters. The number of carboxylic acid groups (broad SMARTS) is 1. The zero-order valence-corrected chi connectivity index (χ0v) is 16.9. The lowest BCUT2D eigenvalue weighted by Gasteiger charge is -2.16. The van der Waals surface area contributed by atoms with Crippen molar-refractivity contribution in [3.63, 3.8) is 0 Å². The third kappa shape index (κ3) is 4.31. The predicted molar refractivity (Wildman–Crippen MR) is 109 cm³/mol. The number of nitrogen functional groups attached to an aromatic ring is 1. The fraction of sp³-hybridized carbons (Fsp3) is 0.333. The Morgan fingerprint density at radius 3 is 2.79 bits per heavy atom. The third-order valence-electron chi connectivity index (χ3n) is 4.02. The third-order valence-corrected chi connectivity index (χ3v) is 5.85. The topological polar surface area (TPSA) is 116 Å². The van der Waals surface area contributed by atoms with Crippen molar-refractivity contribution in [1.29, 1.82) is 0 Å². The van der Waals surface area contributed by atoms with Gasteiger partial charge in [-0.1, -0.05) is 49.3 Å². The maximum atomic E-state index is 11.6. The van der Waals surface area contributed by atoms with Crippen molar-refractivity contribution in [1.82, 2.24) is 19.5 Å². The van der Waals surface area contributed by atoms with Crippen LogP contribution in [0.1, 0.15) is 13.8 Å². The summed E-state index contributed by atoms with van der Waals surface area (Å²) in [4.78, 5) is 24.4. The molecule has 1 aromatic carbocycles. The number of anilines is 1. The molecule has 3 rings (SSSR count). The molecule has 2 heterocycles. The summed E-state index contributed by atoms with van der Waals surface area (Å²) < 4.78 is 7.56. The second-order valence-electron chi connectivity index (χ2n) is 6.38. The molecule has 0 amide bonds. The summed E-state index contributed by atoms with van der Waals surface area (Å²) in [5, 5.41) is 9.90. The number of thioether (sulfide) groups is 1. The fourth-order valence-corrected chi connectivity index (χ4v) is 3.86. The molecule has 0 bridgehead atoms. The molecule has 3 aromatic rings. The quantitative estimate of drug-likeness (QED) is 0.532. The maximum absolute atomic E-state index is 11.6. The molecule has 0 saturated carbocycles. The van der Waals surface area contributed by atoms with Crippen molar-refractivity contribution < 1.29 is 14.6 Å². The van der Waals surface area contributed by atoms with Gasteiger partial charge in [-0.3, -0.25) is 4.79 Å². The van der Waals surface area contributed by atoms with Gasteiger partial charge in [-0.25, -0.2) is 15.0 Å². The lowest BCUT2D eigenvalue weighted by molar-refractivity contribution is -0.137. The van der Waals surface area contributed by atoms with E-state index in [1.165, 1.54) is 6.33 Å². The first-order valence-electron chi connectivity index (χ1n) is 8.62. The molecule has 0 fully saturated rings. The smallest absolute Gasteiger partial charge is 0.317 e. The average Bonchev–Trinajstić information content (AvgIpc) is 3.00. The van der Waals surface area contributed by atoms with Crippen LogP contribution in [0.5, 0.6) is 5.75 Å². The number of carboxylic acids is 1. The molecular formula is C18H20ClN5O3S. The van der Waals surface area contributed by atoms with Crippen molar-refractivity contribution in [3.05, 3.63) is 35.6 Å². The number of aromatic nitrogens is 4. The van der Waals surface area contributed by atoms with Crippen LogP contribution >= 0.6 is 23.4 Å². The molecule has 8 nitrogen and oxygen atoms in total. The Morgan fingerprint density at radius 1 is 1.36 bits per heavy atom. The van der Waals surface area contributed by atoms with Gasteiger partial charge in [-0.05, 0) is 18.1 Å². The van der Waals surface area contributed by atoms with Crippen LogP contribution in [0.15, 0.2) is 35.7 Å². The largest absolute Gasteiger partial charge is 0.490 e. The van der Waals surface area contributed by atoms with Gasteiger partial charge in [0, 0.05) is 0 Å². The molecule has 28 heavy (non-hydrogen) atoms. The summed E-state index contributed by atoms with van der Waals surface area (Å²) in [6, 6.07) is 7.19. The number of ether oxygens (including phenoxy) is 1. The number of nitrogens with zero attached hydrogens (tertiary/aromatic N) is 4. The number of hydrogen-bond donors (Lipinski definition) is 2. The Bertz CT molecular complexity index is 995. The highest BCUT2D eigenvalue weighted by Crippen LogP contribution is 2.31. The first kappa shape index (κ1) is 20.2. The van der Waals surface area contributed by atoms with Gasteiger partial charge < -0.3 is 20.1 Å². The van der Waals surface area contributed by atoms with Crippen molar-refractivity contribution in [2.24, 2.45) is 5.92 Å². The molecule has 2 aromatic heterocycles. The molecule has 0 spiro atoms. The second kappa shape index (κ2) is 8.66. The number of para-hydroxylation sites is 1. The van der Waals surface area contributed by atoms with Gasteiger partial charge in [0.05, 0.1) is 11.6 Å². The van der Waals surface area contributed by atoms with Crippen LogP contribution in [-0.2, 0) is 11.3 Å². The number of nitrogens with two attached hydrogens (primary N) is 1.